The summed E-state index contributed by atoms with van der Waals surface area (Å²) in [4.78, 5) is 0. The van der Waals surface area contributed by atoms with E-state index in [1.165, 1.54) is 64.2 Å². The first-order valence-corrected chi connectivity index (χ1v) is 7.55. The maximum absolute atomic E-state index is 2.38. The Labute approximate surface area is 133 Å². The van der Waals surface area contributed by atoms with Crippen LogP contribution in [0.1, 0.15) is 91.9 Å². The summed E-state index contributed by atoms with van der Waals surface area (Å²) < 4.78 is 0. The number of hydrogen-bond donors (Lipinski definition) is 0. The minimum Gasteiger partial charge on any atom is -0.316 e. The van der Waals surface area contributed by atoms with Crippen LogP contribution in [0.4, 0.5) is 0 Å². The minimum atomic E-state index is 0. The molecule has 0 aromatic rings. The van der Waals surface area contributed by atoms with Gasteiger partial charge in [0.15, 0.2) is 0 Å². The predicted octanol–water partition coefficient (Wildman–Crippen LogP) is 3.16. The van der Waals surface area contributed by atoms with E-state index >= 15 is 0 Å². The van der Waals surface area contributed by atoms with Crippen LogP contribution in [0.5, 0.6) is 0 Å². The van der Waals surface area contributed by atoms with E-state index < -0.39 is 0 Å². The van der Waals surface area contributed by atoms with Gasteiger partial charge < -0.3 is 5.92 Å². The zero-order valence-corrected chi connectivity index (χ0v) is 15.1. The maximum atomic E-state index is 2.38. The van der Waals surface area contributed by atoms with Crippen LogP contribution >= 0.6 is 0 Å². The average Bonchev–Trinajstić information content (AvgIpc) is 2.30. The molecular formula is C16H33Na. The van der Waals surface area contributed by atoms with E-state index in [0.29, 0.717) is 0 Å². The molecule has 0 saturated carbocycles. The number of rotatable bonds is 11. The molecule has 1 heteroatoms. The van der Waals surface area contributed by atoms with Crippen molar-refractivity contribution in [2.45, 2.75) is 91.9 Å². The third-order valence-corrected chi connectivity index (χ3v) is 3.64. The molecule has 1 atom stereocenters. The SMILES string of the molecule is CCCCCC[C-](C)CC(CC)CCCC.[Na+]. The van der Waals surface area contributed by atoms with Crippen LogP contribution in [0.3, 0.4) is 0 Å². The summed E-state index contributed by atoms with van der Waals surface area (Å²) in [7, 11) is 0. The second-order valence-electron chi connectivity index (χ2n) is 5.39. The van der Waals surface area contributed by atoms with E-state index in [0.717, 1.165) is 5.92 Å². The van der Waals surface area contributed by atoms with Crippen molar-refractivity contribution in [1.29, 1.82) is 0 Å². The van der Waals surface area contributed by atoms with Gasteiger partial charge in [-0.15, -0.1) is 0 Å². The molecule has 0 aliphatic carbocycles. The number of unbranched alkanes of at least 4 members (excludes halogenated alkanes) is 4. The van der Waals surface area contributed by atoms with E-state index in [-0.39, 0.29) is 29.6 Å². The van der Waals surface area contributed by atoms with Crippen molar-refractivity contribution < 1.29 is 29.6 Å². The van der Waals surface area contributed by atoms with E-state index in [9.17, 15) is 0 Å². The topological polar surface area (TPSA) is 0 Å². The summed E-state index contributed by atoms with van der Waals surface area (Å²) in [5, 5.41) is 0. The van der Waals surface area contributed by atoms with Crippen LogP contribution in [0.15, 0.2) is 0 Å². The molecule has 0 rings (SSSR count). The van der Waals surface area contributed by atoms with Gasteiger partial charge in [-0.1, -0.05) is 78.1 Å². The zero-order valence-electron chi connectivity index (χ0n) is 13.1. The Morgan fingerprint density at radius 1 is 0.882 bits per heavy atom. The Hall–Kier alpha value is 1.00. The van der Waals surface area contributed by atoms with Crippen LogP contribution in [0.25, 0.3) is 0 Å². The standard InChI is InChI=1S/C16H33.Na/c1-5-8-10-11-12-15(4)14-16(7-3)13-9-6-2;/h16H,5-14H2,1-4H3;/q-1;+1. The minimum absolute atomic E-state index is 0. The van der Waals surface area contributed by atoms with Crippen LogP contribution < -0.4 is 29.6 Å². The molecular weight excluding hydrogens is 215 g/mol. The number of hydrogen-bond acceptors (Lipinski definition) is 0. The Morgan fingerprint density at radius 2 is 1.53 bits per heavy atom. The Balaban J connectivity index is 0. The molecule has 0 bridgehead atoms. The molecule has 98 valence electrons. The van der Waals surface area contributed by atoms with Crippen LogP contribution in [-0.4, -0.2) is 0 Å². The largest absolute Gasteiger partial charge is 1.00 e. The van der Waals surface area contributed by atoms with Gasteiger partial charge in [-0.3, -0.25) is 0 Å². The third-order valence-electron chi connectivity index (χ3n) is 3.64. The first kappa shape index (κ1) is 20.3. The van der Waals surface area contributed by atoms with Crippen molar-refractivity contribution >= 4 is 0 Å². The maximum Gasteiger partial charge on any atom is 1.00 e. The fourth-order valence-corrected chi connectivity index (χ4v) is 2.39. The molecule has 0 aliphatic heterocycles. The predicted molar refractivity (Wildman–Crippen MR) is 75.6 cm³/mol. The summed E-state index contributed by atoms with van der Waals surface area (Å²) in [6, 6.07) is 0. The van der Waals surface area contributed by atoms with Crippen molar-refractivity contribution in [3.8, 4) is 0 Å². The van der Waals surface area contributed by atoms with Crippen LogP contribution in [0, 0.1) is 11.8 Å². The third kappa shape index (κ3) is 13.2. The van der Waals surface area contributed by atoms with Crippen molar-refractivity contribution in [2.75, 3.05) is 0 Å². The van der Waals surface area contributed by atoms with Gasteiger partial charge in [0.05, 0.1) is 0 Å². The molecule has 0 nitrogen and oxygen atoms in total. The molecule has 0 aromatic carbocycles. The molecule has 0 amide bonds. The van der Waals surface area contributed by atoms with Gasteiger partial charge in [-0.05, 0) is 0 Å². The van der Waals surface area contributed by atoms with E-state index in [2.05, 4.69) is 27.7 Å². The first-order chi connectivity index (χ1) is 7.74. The van der Waals surface area contributed by atoms with Crippen molar-refractivity contribution in [1.82, 2.24) is 0 Å². The second kappa shape index (κ2) is 15.1. The molecule has 0 saturated heterocycles. The summed E-state index contributed by atoms with van der Waals surface area (Å²) in [5.41, 5.74) is 0. The molecule has 17 heavy (non-hydrogen) atoms. The Morgan fingerprint density at radius 3 is 2.06 bits per heavy atom. The van der Waals surface area contributed by atoms with Crippen LogP contribution in [-0.2, 0) is 0 Å². The van der Waals surface area contributed by atoms with Crippen molar-refractivity contribution in [3.63, 3.8) is 0 Å². The van der Waals surface area contributed by atoms with Crippen molar-refractivity contribution in [3.05, 3.63) is 5.92 Å². The van der Waals surface area contributed by atoms with E-state index in [4.69, 9.17) is 0 Å². The Kier molecular flexibility index (Phi) is 18.0. The van der Waals surface area contributed by atoms with Gasteiger partial charge in [-0.25, -0.2) is 0 Å². The molecule has 0 N–H and O–H groups in total. The van der Waals surface area contributed by atoms with Gasteiger partial charge in [0.2, 0.25) is 0 Å². The Bertz CT molecular complexity index is 133. The fourth-order valence-electron chi connectivity index (χ4n) is 2.39. The second-order valence-corrected chi connectivity index (χ2v) is 5.39. The molecule has 0 fully saturated rings. The average molecular weight is 248 g/mol. The van der Waals surface area contributed by atoms with Gasteiger partial charge in [0.25, 0.3) is 0 Å². The molecule has 1 unspecified atom stereocenters. The summed E-state index contributed by atoms with van der Waals surface area (Å²) in [6.45, 7) is 9.31. The quantitative estimate of drug-likeness (QED) is 0.299. The van der Waals surface area contributed by atoms with Gasteiger partial charge >= 0.3 is 29.6 Å². The first-order valence-electron chi connectivity index (χ1n) is 7.55. The smallest absolute Gasteiger partial charge is 0.316 e. The molecule has 0 radical (unpaired) electrons. The van der Waals surface area contributed by atoms with Crippen LogP contribution in [0.2, 0.25) is 0 Å². The fraction of sp³-hybridized carbons (Fsp3) is 0.938. The molecule has 0 spiro atoms. The molecule has 0 heterocycles. The van der Waals surface area contributed by atoms with Gasteiger partial charge in [-0.2, -0.15) is 19.8 Å². The van der Waals surface area contributed by atoms with E-state index in [1.807, 2.05) is 0 Å². The van der Waals surface area contributed by atoms with Crippen molar-refractivity contribution in [2.24, 2.45) is 5.92 Å². The van der Waals surface area contributed by atoms with E-state index in [1.54, 1.807) is 5.92 Å². The summed E-state index contributed by atoms with van der Waals surface area (Å²) >= 11 is 0. The van der Waals surface area contributed by atoms with Gasteiger partial charge in [0, 0.05) is 0 Å². The zero-order chi connectivity index (χ0) is 12.2. The monoisotopic (exact) mass is 248 g/mol. The molecule has 0 aliphatic rings. The van der Waals surface area contributed by atoms with Gasteiger partial charge in [0.1, 0.15) is 0 Å². The summed E-state index contributed by atoms with van der Waals surface area (Å²) in [5.74, 6) is 2.71. The normalized spacial score (nSPS) is 12.5. The summed E-state index contributed by atoms with van der Waals surface area (Å²) in [6.07, 6.45) is 14.0. The molecule has 0 aromatic heterocycles.